The number of β-amino-alcohol motifs (C(OH)–C–C–N with tert-alkyl or cyclic N) is 1. The number of hydrogen-bond acceptors (Lipinski definition) is 4. The lowest BCUT2D eigenvalue weighted by Crippen LogP contribution is -2.45. The zero-order valence-corrected chi connectivity index (χ0v) is 11.0. The van der Waals surface area contributed by atoms with Gasteiger partial charge in [-0.05, 0) is 31.5 Å². The molecule has 0 aliphatic carbocycles. The molecule has 0 radical (unpaired) electrons. The van der Waals surface area contributed by atoms with E-state index in [1.54, 1.807) is 29.9 Å². The third kappa shape index (κ3) is 3.65. The van der Waals surface area contributed by atoms with Crippen molar-refractivity contribution in [1.29, 1.82) is 0 Å². The molecule has 1 atom stereocenters. The Morgan fingerprint density at radius 1 is 1.53 bits per heavy atom. The Hall–Kier alpha value is -1.66. The van der Waals surface area contributed by atoms with Crippen LogP contribution in [0.15, 0.2) is 18.3 Å². The first-order chi connectivity index (χ1) is 9.06. The molecule has 1 saturated heterocycles. The molecule has 1 aromatic rings. The van der Waals surface area contributed by atoms with Crippen molar-refractivity contribution in [2.24, 2.45) is 7.05 Å². The van der Waals surface area contributed by atoms with Crippen molar-refractivity contribution in [3.05, 3.63) is 24.0 Å². The van der Waals surface area contributed by atoms with Crippen LogP contribution in [-0.4, -0.2) is 52.1 Å². The van der Waals surface area contributed by atoms with Gasteiger partial charge in [0, 0.05) is 19.8 Å². The number of aliphatic hydroxyl groups excluding tert-OH is 1. The molecule has 2 amide bonds. The van der Waals surface area contributed by atoms with Gasteiger partial charge in [-0.2, -0.15) is 0 Å². The van der Waals surface area contributed by atoms with Crippen molar-refractivity contribution in [2.45, 2.75) is 18.9 Å². The molecule has 104 valence electrons. The fourth-order valence-corrected chi connectivity index (χ4v) is 2.31. The van der Waals surface area contributed by atoms with Crippen LogP contribution >= 0.6 is 0 Å². The number of amides is 2. The number of imide groups is 1. The highest BCUT2D eigenvalue weighted by atomic mass is 16.3. The lowest BCUT2D eigenvalue weighted by molar-refractivity contribution is -0.121. The average Bonchev–Trinajstić information content (AvgIpc) is 2.75. The molecule has 1 aliphatic rings. The number of hydrogen-bond donors (Lipinski definition) is 2. The summed E-state index contributed by atoms with van der Waals surface area (Å²) in [4.78, 5) is 25.5. The molecule has 2 heterocycles. The minimum atomic E-state index is -0.393. The van der Waals surface area contributed by atoms with Gasteiger partial charge in [-0.25, -0.2) is 0 Å². The van der Waals surface area contributed by atoms with Gasteiger partial charge in [-0.3, -0.25) is 19.8 Å². The molecule has 2 N–H and O–H groups in total. The first-order valence-electron chi connectivity index (χ1n) is 6.42. The third-order valence-corrected chi connectivity index (χ3v) is 3.28. The number of piperidine rings is 1. The molecule has 1 aliphatic heterocycles. The Morgan fingerprint density at radius 3 is 2.95 bits per heavy atom. The number of likely N-dealkylation sites (tertiary alicyclic amines) is 1. The van der Waals surface area contributed by atoms with Gasteiger partial charge < -0.3 is 9.67 Å². The maximum absolute atomic E-state index is 11.8. The highest BCUT2D eigenvalue weighted by molar-refractivity contribution is 6.04. The van der Waals surface area contributed by atoms with E-state index >= 15 is 0 Å². The van der Waals surface area contributed by atoms with Crippen molar-refractivity contribution >= 4 is 11.8 Å². The van der Waals surface area contributed by atoms with Crippen molar-refractivity contribution in [3.8, 4) is 0 Å². The van der Waals surface area contributed by atoms with E-state index < -0.39 is 5.91 Å². The van der Waals surface area contributed by atoms with Crippen LogP contribution in [0, 0.1) is 0 Å². The Labute approximate surface area is 112 Å². The van der Waals surface area contributed by atoms with Gasteiger partial charge in [0.25, 0.3) is 5.91 Å². The van der Waals surface area contributed by atoms with Crippen LogP contribution < -0.4 is 5.32 Å². The number of aromatic nitrogens is 1. The highest BCUT2D eigenvalue weighted by Crippen LogP contribution is 2.09. The van der Waals surface area contributed by atoms with Gasteiger partial charge >= 0.3 is 0 Å². The zero-order valence-electron chi connectivity index (χ0n) is 11.0. The van der Waals surface area contributed by atoms with E-state index in [9.17, 15) is 14.7 Å². The molecule has 0 spiro atoms. The first-order valence-corrected chi connectivity index (χ1v) is 6.42. The van der Waals surface area contributed by atoms with Crippen molar-refractivity contribution in [3.63, 3.8) is 0 Å². The Kier molecular flexibility index (Phi) is 4.34. The van der Waals surface area contributed by atoms with E-state index in [2.05, 4.69) is 5.32 Å². The number of aryl methyl sites for hydroxylation is 1. The summed E-state index contributed by atoms with van der Waals surface area (Å²) in [5.41, 5.74) is 0.451. The fourth-order valence-electron chi connectivity index (χ4n) is 2.31. The number of nitrogens with zero attached hydrogens (tertiary/aromatic N) is 2. The molecule has 19 heavy (non-hydrogen) atoms. The van der Waals surface area contributed by atoms with Crippen LogP contribution in [0.3, 0.4) is 0 Å². The second-order valence-electron chi connectivity index (χ2n) is 4.91. The van der Waals surface area contributed by atoms with Gasteiger partial charge in [-0.1, -0.05) is 0 Å². The molecule has 0 aromatic carbocycles. The summed E-state index contributed by atoms with van der Waals surface area (Å²) in [6.07, 6.45) is 3.03. The molecule has 1 fully saturated rings. The third-order valence-electron chi connectivity index (χ3n) is 3.28. The van der Waals surface area contributed by atoms with Crippen molar-refractivity contribution < 1.29 is 14.7 Å². The predicted octanol–water partition coefficient (Wildman–Crippen LogP) is -0.262. The van der Waals surface area contributed by atoms with Crippen LogP contribution in [0.25, 0.3) is 0 Å². The molecule has 0 unspecified atom stereocenters. The van der Waals surface area contributed by atoms with Crippen LogP contribution in [0.5, 0.6) is 0 Å². The van der Waals surface area contributed by atoms with Crippen LogP contribution in [-0.2, 0) is 11.8 Å². The van der Waals surface area contributed by atoms with E-state index in [0.717, 1.165) is 19.4 Å². The summed E-state index contributed by atoms with van der Waals surface area (Å²) in [6.45, 7) is 1.42. The normalized spacial score (nSPS) is 20.2. The number of nitrogens with one attached hydrogen (secondary N) is 1. The summed E-state index contributed by atoms with van der Waals surface area (Å²) >= 11 is 0. The molecule has 6 heteroatoms. The van der Waals surface area contributed by atoms with Gasteiger partial charge in [-0.15, -0.1) is 0 Å². The van der Waals surface area contributed by atoms with Gasteiger partial charge in [0.1, 0.15) is 5.69 Å². The fraction of sp³-hybridized carbons (Fsp3) is 0.538. The smallest absolute Gasteiger partial charge is 0.274 e. The second-order valence-corrected chi connectivity index (χ2v) is 4.91. The standard InChI is InChI=1S/C13H19N3O3/c1-15-6-3-5-11(15)13(19)14-12(18)9-16-7-2-4-10(17)8-16/h3,5-6,10,17H,2,4,7-9H2,1H3,(H,14,18,19)/t10-/m0/s1. The lowest BCUT2D eigenvalue weighted by atomic mass is 10.1. The van der Waals surface area contributed by atoms with Gasteiger partial charge in [0.2, 0.25) is 5.91 Å². The van der Waals surface area contributed by atoms with E-state index in [4.69, 9.17) is 0 Å². The maximum Gasteiger partial charge on any atom is 0.274 e. The lowest BCUT2D eigenvalue weighted by Gasteiger charge is -2.29. The molecule has 0 saturated carbocycles. The SMILES string of the molecule is Cn1cccc1C(=O)NC(=O)CN1CCC[C@H](O)C1. The van der Waals surface area contributed by atoms with E-state index in [1.807, 2.05) is 4.90 Å². The average molecular weight is 265 g/mol. The molecule has 1 aromatic heterocycles. The molecule has 6 nitrogen and oxygen atoms in total. The molecule has 0 bridgehead atoms. The topological polar surface area (TPSA) is 74.6 Å². The van der Waals surface area contributed by atoms with Crippen LogP contribution in [0.1, 0.15) is 23.3 Å². The zero-order chi connectivity index (χ0) is 13.8. The highest BCUT2D eigenvalue weighted by Gasteiger charge is 2.21. The van der Waals surface area contributed by atoms with Crippen molar-refractivity contribution in [1.82, 2.24) is 14.8 Å². The summed E-state index contributed by atoms with van der Waals surface area (Å²) in [5, 5.41) is 11.9. The van der Waals surface area contributed by atoms with Gasteiger partial charge in [0.15, 0.2) is 0 Å². The van der Waals surface area contributed by atoms with Gasteiger partial charge in [0.05, 0.1) is 12.6 Å². The van der Waals surface area contributed by atoms with E-state index in [1.165, 1.54) is 0 Å². The number of carbonyl (C=O) groups is 2. The Balaban J connectivity index is 1.84. The number of carbonyl (C=O) groups excluding carboxylic acids is 2. The summed E-state index contributed by atoms with van der Waals surface area (Å²) < 4.78 is 1.66. The number of rotatable bonds is 3. The quantitative estimate of drug-likeness (QED) is 0.789. The summed E-state index contributed by atoms with van der Waals surface area (Å²) in [5.74, 6) is -0.727. The maximum atomic E-state index is 11.8. The van der Waals surface area contributed by atoms with Crippen LogP contribution in [0.2, 0.25) is 0 Å². The first kappa shape index (κ1) is 13.8. The molecule has 2 rings (SSSR count). The summed E-state index contributed by atoms with van der Waals surface area (Å²) in [6, 6.07) is 3.41. The van der Waals surface area contributed by atoms with Crippen LogP contribution in [0.4, 0.5) is 0 Å². The minimum Gasteiger partial charge on any atom is -0.392 e. The molecular weight excluding hydrogens is 246 g/mol. The van der Waals surface area contributed by atoms with E-state index in [-0.39, 0.29) is 18.6 Å². The predicted molar refractivity (Wildman–Crippen MR) is 69.6 cm³/mol. The Morgan fingerprint density at radius 2 is 2.32 bits per heavy atom. The second kappa shape index (κ2) is 5.99. The number of aliphatic hydroxyl groups is 1. The van der Waals surface area contributed by atoms with E-state index in [0.29, 0.717) is 12.2 Å². The minimum absolute atomic E-state index is 0.146. The van der Waals surface area contributed by atoms with Crippen molar-refractivity contribution in [2.75, 3.05) is 19.6 Å². The molecular formula is C13H19N3O3. The Bertz CT molecular complexity index is 469. The largest absolute Gasteiger partial charge is 0.392 e. The summed E-state index contributed by atoms with van der Waals surface area (Å²) in [7, 11) is 1.75. The monoisotopic (exact) mass is 265 g/mol.